The Morgan fingerprint density at radius 1 is 1.10 bits per heavy atom. The SMILES string of the molecule is CCCCN=c1scc(-c2ccc(Br)cc2)n1CCCC. The van der Waals surface area contributed by atoms with Gasteiger partial charge in [0.1, 0.15) is 0 Å². The average Bonchev–Trinajstić information content (AvgIpc) is 2.89. The predicted molar refractivity (Wildman–Crippen MR) is 95.7 cm³/mol. The number of rotatable bonds is 7. The van der Waals surface area contributed by atoms with Gasteiger partial charge in [-0.25, -0.2) is 0 Å². The highest BCUT2D eigenvalue weighted by atomic mass is 79.9. The molecule has 1 aromatic carbocycles. The van der Waals surface area contributed by atoms with Crippen LogP contribution < -0.4 is 4.80 Å². The summed E-state index contributed by atoms with van der Waals surface area (Å²) in [5, 5.41) is 2.24. The Morgan fingerprint density at radius 2 is 1.81 bits per heavy atom. The van der Waals surface area contributed by atoms with Crippen LogP contribution in [-0.4, -0.2) is 11.1 Å². The molecule has 4 heteroatoms. The lowest BCUT2D eigenvalue weighted by Crippen LogP contribution is -2.16. The van der Waals surface area contributed by atoms with E-state index in [0.717, 1.165) is 22.4 Å². The fourth-order valence-corrected chi connectivity index (χ4v) is 3.40. The largest absolute Gasteiger partial charge is 0.317 e. The maximum absolute atomic E-state index is 4.78. The van der Waals surface area contributed by atoms with E-state index in [-0.39, 0.29) is 0 Å². The summed E-state index contributed by atoms with van der Waals surface area (Å²) >= 11 is 5.26. The van der Waals surface area contributed by atoms with Crippen LogP contribution in [0.4, 0.5) is 0 Å². The van der Waals surface area contributed by atoms with Gasteiger partial charge in [-0.05, 0) is 30.5 Å². The number of hydrogen-bond donors (Lipinski definition) is 0. The molecule has 21 heavy (non-hydrogen) atoms. The van der Waals surface area contributed by atoms with E-state index in [4.69, 9.17) is 4.99 Å². The zero-order chi connectivity index (χ0) is 15.1. The lowest BCUT2D eigenvalue weighted by atomic mass is 10.2. The Balaban J connectivity index is 2.36. The Bertz CT molecular complexity index is 610. The quantitative estimate of drug-likeness (QED) is 0.577. The van der Waals surface area contributed by atoms with Crippen molar-refractivity contribution in [3.05, 3.63) is 38.9 Å². The molecule has 0 aliphatic heterocycles. The second-order valence-electron chi connectivity index (χ2n) is 5.15. The molecule has 0 bridgehead atoms. The minimum Gasteiger partial charge on any atom is -0.317 e. The van der Waals surface area contributed by atoms with Crippen molar-refractivity contribution in [1.82, 2.24) is 4.57 Å². The van der Waals surface area contributed by atoms with Crippen LogP contribution in [0.15, 0.2) is 39.1 Å². The van der Waals surface area contributed by atoms with Gasteiger partial charge in [0.15, 0.2) is 4.80 Å². The first-order valence-corrected chi connectivity index (χ1v) is 9.38. The fourth-order valence-electron chi connectivity index (χ4n) is 2.17. The third-order valence-corrected chi connectivity index (χ3v) is 4.86. The second kappa shape index (κ2) is 8.54. The van der Waals surface area contributed by atoms with E-state index in [2.05, 4.69) is 64.0 Å². The van der Waals surface area contributed by atoms with Gasteiger partial charge >= 0.3 is 0 Å². The molecule has 1 heterocycles. The van der Waals surface area contributed by atoms with Crippen molar-refractivity contribution in [1.29, 1.82) is 0 Å². The minimum absolute atomic E-state index is 0.933. The highest BCUT2D eigenvalue weighted by Crippen LogP contribution is 2.22. The van der Waals surface area contributed by atoms with Gasteiger partial charge in [-0.3, -0.25) is 4.99 Å². The minimum atomic E-state index is 0.933. The van der Waals surface area contributed by atoms with Crippen LogP contribution in [0.3, 0.4) is 0 Å². The Kier molecular flexibility index (Phi) is 6.71. The van der Waals surface area contributed by atoms with Gasteiger partial charge in [-0.1, -0.05) is 54.8 Å². The van der Waals surface area contributed by atoms with Crippen molar-refractivity contribution in [2.24, 2.45) is 4.99 Å². The van der Waals surface area contributed by atoms with Crippen LogP contribution in [0.5, 0.6) is 0 Å². The van der Waals surface area contributed by atoms with Crippen LogP contribution >= 0.6 is 27.3 Å². The van der Waals surface area contributed by atoms with E-state index in [1.54, 1.807) is 11.3 Å². The summed E-state index contributed by atoms with van der Waals surface area (Å²) in [5.41, 5.74) is 2.55. The molecule has 0 saturated heterocycles. The molecule has 0 aliphatic carbocycles. The van der Waals surface area contributed by atoms with Crippen molar-refractivity contribution in [3.63, 3.8) is 0 Å². The molecular formula is C17H23BrN2S. The normalized spacial score (nSPS) is 12.0. The molecular weight excluding hydrogens is 344 g/mol. The highest BCUT2D eigenvalue weighted by Gasteiger charge is 2.07. The molecule has 0 saturated carbocycles. The van der Waals surface area contributed by atoms with Crippen molar-refractivity contribution < 1.29 is 0 Å². The number of aromatic nitrogens is 1. The summed E-state index contributed by atoms with van der Waals surface area (Å²) in [5.74, 6) is 0. The number of hydrogen-bond acceptors (Lipinski definition) is 2. The van der Waals surface area contributed by atoms with E-state index in [9.17, 15) is 0 Å². The number of nitrogens with zero attached hydrogens (tertiary/aromatic N) is 2. The number of benzene rings is 1. The summed E-state index contributed by atoms with van der Waals surface area (Å²) in [4.78, 5) is 5.95. The van der Waals surface area contributed by atoms with Crippen LogP contribution in [0.1, 0.15) is 39.5 Å². The molecule has 0 radical (unpaired) electrons. The first-order chi connectivity index (χ1) is 10.3. The van der Waals surface area contributed by atoms with Crippen molar-refractivity contribution >= 4 is 27.3 Å². The van der Waals surface area contributed by atoms with Gasteiger partial charge in [-0.15, -0.1) is 11.3 Å². The van der Waals surface area contributed by atoms with Crippen LogP contribution in [0, 0.1) is 0 Å². The third kappa shape index (κ3) is 4.55. The molecule has 2 nitrogen and oxygen atoms in total. The molecule has 0 aliphatic rings. The van der Waals surface area contributed by atoms with Crippen molar-refractivity contribution in [2.75, 3.05) is 6.54 Å². The number of unbranched alkanes of at least 4 members (excludes halogenated alkanes) is 2. The summed E-state index contributed by atoms with van der Waals surface area (Å²) in [6.45, 7) is 6.43. The molecule has 1 aromatic heterocycles. The molecule has 0 N–H and O–H groups in total. The topological polar surface area (TPSA) is 17.3 Å². The van der Waals surface area contributed by atoms with Gasteiger partial charge in [-0.2, -0.15) is 0 Å². The molecule has 2 rings (SSSR count). The zero-order valence-corrected chi connectivity index (χ0v) is 15.2. The van der Waals surface area contributed by atoms with Gasteiger partial charge < -0.3 is 4.57 Å². The summed E-state index contributed by atoms with van der Waals surface area (Å²) in [6, 6.07) is 8.55. The summed E-state index contributed by atoms with van der Waals surface area (Å²) < 4.78 is 3.50. The fraction of sp³-hybridized carbons (Fsp3) is 0.471. The predicted octanol–water partition coefficient (Wildman–Crippen LogP) is 5.48. The first-order valence-electron chi connectivity index (χ1n) is 7.71. The van der Waals surface area contributed by atoms with Crippen LogP contribution in [-0.2, 0) is 6.54 Å². The van der Waals surface area contributed by atoms with E-state index in [1.165, 1.54) is 36.9 Å². The monoisotopic (exact) mass is 366 g/mol. The van der Waals surface area contributed by atoms with Gasteiger partial charge in [0.2, 0.25) is 0 Å². The molecule has 0 amide bonds. The number of halogens is 1. The maximum Gasteiger partial charge on any atom is 0.185 e. The van der Waals surface area contributed by atoms with E-state index in [1.807, 2.05) is 0 Å². The van der Waals surface area contributed by atoms with Gasteiger partial charge in [0, 0.05) is 22.9 Å². The van der Waals surface area contributed by atoms with Crippen molar-refractivity contribution in [3.8, 4) is 11.3 Å². The molecule has 2 aromatic rings. The van der Waals surface area contributed by atoms with Crippen LogP contribution in [0.2, 0.25) is 0 Å². The Morgan fingerprint density at radius 3 is 2.48 bits per heavy atom. The van der Waals surface area contributed by atoms with E-state index < -0.39 is 0 Å². The lowest BCUT2D eigenvalue weighted by Gasteiger charge is -2.08. The van der Waals surface area contributed by atoms with Gasteiger partial charge in [0.05, 0.1) is 5.69 Å². The van der Waals surface area contributed by atoms with E-state index in [0.29, 0.717) is 0 Å². The molecule has 0 atom stereocenters. The maximum atomic E-state index is 4.78. The zero-order valence-electron chi connectivity index (χ0n) is 12.8. The van der Waals surface area contributed by atoms with E-state index >= 15 is 0 Å². The second-order valence-corrected chi connectivity index (χ2v) is 6.90. The first kappa shape index (κ1) is 16.5. The van der Waals surface area contributed by atoms with Crippen molar-refractivity contribution in [2.45, 2.75) is 46.1 Å². The highest BCUT2D eigenvalue weighted by molar-refractivity contribution is 9.10. The smallest absolute Gasteiger partial charge is 0.185 e. The standard InChI is InChI=1S/C17H23BrN2S/c1-3-5-11-19-17-20(12-6-4-2)16(13-21-17)14-7-9-15(18)10-8-14/h7-10,13H,3-6,11-12H2,1-2H3. The lowest BCUT2D eigenvalue weighted by molar-refractivity contribution is 0.617. The Hall–Kier alpha value is -0.870. The molecule has 0 unspecified atom stereocenters. The van der Waals surface area contributed by atoms with Crippen LogP contribution in [0.25, 0.3) is 11.3 Å². The summed E-state index contributed by atoms with van der Waals surface area (Å²) in [7, 11) is 0. The third-order valence-electron chi connectivity index (χ3n) is 3.43. The number of thiazole rings is 1. The molecule has 0 spiro atoms. The summed E-state index contributed by atoms with van der Waals surface area (Å²) in [6.07, 6.45) is 4.76. The Labute approximate surface area is 139 Å². The molecule has 0 fully saturated rings. The molecule has 114 valence electrons. The van der Waals surface area contributed by atoms with Gasteiger partial charge in [0.25, 0.3) is 0 Å². The average molecular weight is 367 g/mol.